The molecule has 1 aliphatic heterocycles. The second-order valence-corrected chi connectivity index (χ2v) is 7.61. The highest BCUT2D eigenvalue weighted by atomic mass is 16.5. The quantitative estimate of drug-likeness (QED) is 0.761. The second kappa shape index (κ2) is 9.17. The predicted octanol–water partition coefficient (Wildman–Crippen LogP) is 3.04. The molecule has 1 amide bonds. The number of Topliss-reactive ketones (excluding diaryl/α,β-unsaturated/α-hetero) is 1. The summed E-state index contributed by atoms with van der Waals surface area (Å²) in [6, 6.07) is 7.65. The zero-order chi connectivity index (χ0) is 18.4. The van der Waals surface area contributed by atoms with E-state index in [4.69, 9.17) is 4.74 Å². The zero-order valence-corrected chi connectivity index (χ0v) is 15.7. The van der Waals surface area contributed by atoms with E-state index in [1.807, 2.05) is 0 Å². The van der Waals surface area contributed by atoms with Crippen LogP contribution in [0.3, 0.4) is 0 Å². The Bertz CT molecular complexity index is 608. The van der Waals surface area contributed by atoms with Crippen LogP contribution >= 0.6 is 0 Å². The normalized spacial score (nSPS) is 21.5. The maximum atomic E-state index is 12.0. The van der Waals surface area contributed by atoms with Crippen molar-refractivity contribution in [1.29, 1.82) is 0 Å². The average Bonchev–Trinajstić information content (AvgIpc) is 3.15. The Labute approximate surface area is 156 Å². The van der Waals surface area contributed by atoms with Crippen molar-refractivity contribution in [2.75, 3.05) is 26.2 Å². The summed E-state index contributed by atoms with van der Waals surface area (Å²) in [6.45, 7) is 4.55. The van der Waals surface area contributed by atoms with Gasteiger partial charge in [0.1, 0.15) is 5.75 Å². The molecule has 1 heterocycles. The molecule has 1 aliphatic carbocycles. The molecule has 5 heteroatoms. The molecule has 1 N–H and O–H groups in total. The Balaban J connectivity index is 1.34. The molecule has 0 radical (unpaired) electrons. The molecule has 1 atom stereocenters. The van der Waals surface area contributed by atoms with E-state index in [0.29, 0.717) is 17.2 Å². The Hall–Kier alpha value is -1.88. The lowest BCUT2D eigenvalue weighted by Gasteiger charge is -2.31. The third kappa shape index (κ3) is 5.31. The maximum Gasteiger partial charge on any atom is 0.257 e. The van der Waals surface area contributed by atoms with Gasteiger partial charge in [-0.15, -0.1) is 0 Å². The van der Waals surface area contributed by atoms with E-state index in [1.165, 1.54) is 52.0 Å². The van der Waals surface area contributed by atoms with E-state index < -0.39 is 0 Å². The third-order valence-electron chi connectivity index (χ3n) is 5.63. The molecule has 0 bridgehead atoms. The largest absolute Gasteiger partial charge is 0.484 e. The highest BCUT2D eigenvalue weighted by Gasteiger charge is 2.29. The number of likely N-dealkylation sites (tertiary alicyclic amines) is 1. The van der Waals surface area contributed by atoms with Crippen molar-refractivity contribution >= 4 is 11.7 Å². The fourth-order valence-electron chi connectivity index (χ4n) is 4.05. The number of rotatable bonds is 7. The maximum absolute atomic E-state index is 12.0. The lowest BCUT2D eigenvalue weighted by molar-refractivity contribution is -0.123. The van der Waals surface area contributed by atoms with Gasteiger partial charge in [-0.05, 0) is 62.9 Å². The second-order valence-electron chi connectivity index (χ2n) is 7.61. The Morgan fingerprint density at radius 3 is 2.54 bits per heavy atom. The summed E-state index contributed by atoms with van der Waals surface area (Å²) in [5.74, 6) is 1.09. The highest BCUT2D eigenvalue weighted by Crippen LogP contribution is 2.27. The molecule has 1 saturated carbocycles. The van der Waals surface area contributed by atoms with Crippen molar-refractivity contribution in [1.82, 2.24) is 10.2 Å². The van der Waals surface area contributed by atoms with Crippen molar-refractivity contribution in [3.8, 4) is 5.75 Å². The lowest BCUT2D eigenvalue weighted by atomic mass is 9.94. The molecule has 0 aromatic heterocycles. The number of nitrogens with zero attached hydrogens (tertiary/aromatic N) is 1. The standard InChI is InChI=1S/C21H30N2O3/c1-16(24)18-7-9-20(10-8-18)26-15-21(25)22-13-17-11-12-23(14-17)19-5-3-2-4-6-19/h7-10,17,19H,2-6,11-15H2,1H3,(H,22,25)/t17-/m1/s1. The van der Waals surface area contributed by atoms with Crippen LogP contribution < -0.4 is 10.1 Å². The van der Waals surface area contributed by atoms with Crippen LogP contribution in [0, 0.1) is 5.92 Å². The van der Waals surface area contributed by atoms with E-state index in [9.17, 15) is 9.59 Å². The minimum Gasteiger partial charge on any atom is -0.484 e. The monoisotopic (exact) mass is 358 g/mol. The van der Waals surface area contributed by atoms with Gasteiger partial charge < -0.3 is 15.0 Å². The first kappa shape index (κ1) is 18.9. The molecular formula is C21H30N2O3. The minimum absolute atomic E-state index is 0.0124. The Morgan fingerprint density at radius 2 is 1.85 bits per heavy atom. The van der Waals surface area contributed by atoms with Crippen LogP contribution in [0.25, 0.3) is 0 Å². The molecule has 3 rings (SSSR count). The SMILES string of the molecule is CC(=O)c1ccc(OCC(=O)NC[C@H]2CCN(C3CCCCC3)C2)cc1. The number of nitrogens with one attached hydrogen (secondary N) is 1. The number of benzene rings is 1. The van der Waals surface area contributed by atoms with Crippen molar-refractivity contribution < 1.29 is 14.3 Å². The molecule has 1 saturated heterocycles. The first-order chi connectivity index (χ1) is 12.6. The molecule has 1 aromatic carbocycles. The number of hydrogen-bond donors (Lipinski definition) is 1. The van der Waals surface area contributed by atoms with Crippen molar-refractivity contribution in [3.63, 3.8) is 0 Å². The average molecular weight is 358 g/mol. The van der Waals surface area contributed by atoms with Crippen LogP contribution in [0.5, 0.6) is 5.75 Å². The van der Waals surface area contributed by atoms with Gasteiger partial charge in [0.25, 0.3) is 5.91 Å². The molecule has 1 aromatic rings. The van der Waals surface area contributed by atoms with Crippen LogP contribution in [0.4, 0.5) is 0 Å². The van der Waals surface area contributed by atoms with Gasteiger partial charge in [-0.1, -0.05) is 19.3 Å². The van der Waals surface area contributed by atoms with E-state index in [0.717, 1.165) is 19.1 Å². The summed E-state index contributed by atoms with van der Waals surface area (Å²) in [7, 11) is 0. The summed E-state index contributed by atoms with van der Waals surface area (Å²) >= 11 is 0. The minimum atomic E-state index is -0.0863. The summed E-state index contributed by atoms with van der Waals surface area (Å²) in [5, 5.41) is 3.00. The van der Waals surface area contributed by atoms with E-state index in [1.54, 1.807) is 24.3 Å². The highest BCUT2D eigenvalue weighted by molar-refractivity contribution is 5.94. The van der Waals surface area contributed by atoms with E-state index in [-0.39, 0.29) is 18.3 Å². The number of ether oxygens (including phenoxy) is 1. The number of ketones is 1. The third-order valence-corrected chi connectivity index (χ3v) is 5.63. The first-order valence-electron chi connectivity index (χ1n) is 9.86. The van der Waals surface area contributed by atoms with Gasteiger partial charge in [0.2, 0.25) is 0 Å². The molecule has 5 nitrogen and oxygen atoms in total. The predicted molar refractivity (Wildman–Crippen MR) is 102 cm³/mol. The smallest absolute Gasteiger partial charge is 0.257 e. The molecular weight excluding hydrogens is 328 g/mol. The van der Waals surface area contributed by atoms with Gasteiger partial charge in [-0.3, -0.25) is 9.59 Å². The van der Waals surface area contributed by atoms with Gasteiger partial charge in [0.15, 0.2) is 12.4 Å². The van der Waals surface area contributed by atoms with Crippen molar-refractivity contribution in [3.05, 3.63) is 29.8 Å². The van der Waals surface area contributed by atoms with Gasteiger partial charge in [-0.25, -0.2) is 0 Å². The number of hydrogen-bond acceptors (Lipinski definition) is 4. The van der Waals surface area contributed by atoms with E-state index >= 15 is 0 Å². The summed E-state index contributed by atoms with van der Waals surface area (Å²) in [5.41, 5.74) is 0.644. The van der Waals surface area contributed by atoms with Crippen LogP contribution in [0.2, 0.25) is 0 Å². The zero-order valence-electron chi connectivity index (χ0n) is 15.7. The summed E-state index contributed by atoms with van der Waals surface area (Å²) < 4.78 is 5.50. The number of carbonyl (C=O) groups is 2. The van der Waals surface area contributed by atoms with Crippen LogP contribution in [-0.2, 0) is 4.79 Å². The lowest BCUT2D eigenvalue weighted by Crippen LogP contribution is -2.37. The fourth-order valence-corrected chi connectivity index (χ4v) is 4.05. The van der Waals surface area contributed by atoms with Gasteiger partial charge in [-0.2, -0.15) is 0 Å². The first-order valence-corrected chi connectivity index (χ1v) is 9.86. The Kier molecular flexibility index (Phi) is 6.67. The molecule has 2 aliphatic rings. The number of amides is 1. The van der Waals surface area contributed by atoms with Crippen LogP contribution in [-0.4, -0.2) is 48.9 Å². The van der Waals surface area contributed by atoms with Gasteiger partial charge in [0, 0.05) is 24.7 Å². The molecule has 2 fully saturated rings. The van der Waals surface area contributed by atoms with Crippen molar-refractivity contribution in [2.24, 2.45) is 5.92 Å². The summed E-state index contributed by atoms with van der Waals surface area (Å²) in [6.07, 6.45) is 7.98. The Morgan fingerprint density at radius 1 is 1.12 bits per heavy atom. The summed E-state index contributed by atoms with van der Waals surface area (Å²) in [4.78, 5) is 25.9. The molecule has 0 unspecified atom stereocenters. The molecule has 0 spiro atoms. The van der Waals surface area contributed by atoms with E-state index in [2.05, 4.69) is 10.2 Å². The number of carbonyl (C=O) groups excluding carboxylic acids is 2. The fraction of sp³-hybridized carbons (Fsp3) is 0.619. The van der Waals surface area contributed by atoms with Crippen LogP contribution in [0.15, 0.2) is 24.3 Å². The van der Waals surface area contributed by atoms with Gasteiger partial charge in [0.05, 0.1) is 0 Å². The topological polar surface area (TPSA) is 58.6 Å². The van der Waals surface area contributed by atoms with Crippen molar-refractivity contribution in [2.45, 2.75) is 51.5 Å². The molecule has 26 heavy (non-hydrogen) atoms. The van der Waals surface area contributed by atoms with Gasteiger partial charge >= 0.3 is 0 Å². The molecule has 142 valence electrons. The van der Waals surface area contributed by atoms with Crippen LogP contribution in [0.1, 0.15) is 55.8 Å².